The highest BCUT2D eigenvalue weighted by Crippen LogP contribution is 2.31. The van der Waals surface area contributed by atoms with Crippen molar-refractivity contribution in [1.82, 2.24) is 0 Å². The molecule has 64 valence electrons. The molecule has 0 radical (unpaired) electrons. The Labute approximate surface area is 73.3 Å². The number of nitrogens with two attached hydrogens (primary N) is 1. The molecule has 0 aromatic rings. The first-order valence-electron chi connectivity index (χ1n) is 3.48. The molecule has 0 saturated carbocycles. The summed E-state index contributed by atoms with van der Waals surface area (Å²) in [6.07, 6.45) is 3.03. The number of allylic oxidation sites excluding steroid dienone is 2. The predicted molar refractivity (Wildman–Crippen MR) is 47.5 cm³/mol. The summed E-state index contributed by atoms with van der Waals surface area (Å²) in [6.45, 7) is 4.12. The molecule has 1 aliphatic carbocycles. The van der Waals surface area contributed by atoms with E-state index in [4.69, 9.17) is 5.73 Å². The Morgan fingerprint density at radius 2 is 2.00 bits per heavy atom. The molecule has 0 aromatic carbocycles. The van der Waals surface area contributed by atoms with Crippen molar-refractivity contribution in [2.24, 2.45) is 11.1 Å². The van der Waals surface area contributed by atoms with E-state index < -0.39 is 0 Å². The third-order valence-electron chi connectivity index (χ3n) is 1.68. The van der Waals surface area contributed by atoms with Crippen molar-refractivity contribution >= 4 is 18.2 Å². The fourth-order valence-corrected chi connectivity index (χ4v) is 1.40. The van der Waals surface area contributed by atoms with E-state index in [9.17, 15) is 4.79 Å². The first kappa shape index (κ1) is 10.5. The van der Waals surface area contributed by atoms with Gasteiger partial charge in [0.2, 0.25) is 0 Å². The van der Waals surface area contributed by atoms with Gasteiger partial charge in [-0.1, -0.05) is 13.8 Å². The van der Waals surface area contributed by atoms with E-state index in [1.54, 1.807) is 6.08 Å². The molecule has 0 aromatic heterocycles. The van der Waals surface area contributed by atoms with E-state index in [-0.39, 0.29) is 23.6 Å². The molecule has 1 rings (SSSR count). The topological polar surface area (TPSA) is 43.1 Å². The Balaban J connectivity index is 0.000001000. The van der Waals surface area contributed by atoms with Crippen LogP contribution in [0.2, 0.25) is 0 Å². The number of hydrogen-bond acceptors (Lipinski definition) is 2. The Kier molecular flexibility index (Phi) is 3.12. The zero-order chi connectivity index (χ0) is 7.78. The summed E-state index contributed by atoms with van der Waals surface area (Å²) in [5, 5.41) is 0. The molecule has 11 heavy (non-hydrogen) atoms. The molecule has 0 amide bonds. The average Bonchev–Trinajstić information content (AvgIpc) is 1.54. The maximum Gasteiger partial charge on any atom is 0.157 e. The van der Waals surface area contributed by atoms with Crippen molar-refractivity contribution in [2.75, 3.05) is 0 Å². The van der Waals surface area contributed by atoms with Crippen molar-refractivity contribution in [1.29, 1.82) is 0 Å². The molecule has 0 unspecified atom stereocenters. The SMILES string of the molecule is CC1(C)CC(=O)C=C(N)C1.Cl. The Hall–Kier alpha value is -0.500. The minimum atomic E-state index is 0. The lowest BCUT2D eigenvalue weighted by Crippen LogP contribution is -2.24. The van der Waals surface area contributed by atoms with Gasteiger partial charge in [-0.05, 0) is 17.9 Å². The molecule has 0 heterocycles. The summed E-state index contributed by atoms with van der Waals surface area (Å²) in [5.41, 5.74) is 6.34. The molecule has 3 heteroatoms. The van der Waals surface area contributed by atoms with E-state index >= 15 is 0 Å². The molecule has 1 aliphatic rings. The second kappa shape index (κ2) is 3.26. The molecule has 2 N–H and O–H groups in total. The van der Waals surface area contributed by atoms with E-state index in [2.05, 4.69) is 13.8 Å². The van der Waals surface area contributed by atoms with Crippen LogP contribution >= 0.6 is 12.4 Å². The Morgan fingerprint density at radius 1 is 1.45 bits per heavy atom. The number of ketones is 1. The fraction of sp³-hybridized carbons (Fsp3) is 0.625. The standard InChI is InChI=1S/C8H13NO.ClH/c1-8(2)4-6(9)3-7(10)5-8;/h3H,4-5,9H2,1-2H3;1H. The van der Waals surface area contributed by atoms with Crippen LogP contribution in [-0.2, 0) is 4.79 Å². The van der Waals surface area contributed by atoms with Crippen LogP contribution in [0.1, 0.15) is 26.7 Å². The monoisotopic (exact) mass is 175 g/mol. The third-order valence-corrected chi connectivity index (χ3v) is 1.68. The van der Waals surface area contributed by atoms with Gasteiger partial charge in [0.05, 0.1) is 0 Å². The quantitative estimate of drug-likeness (QED) is 0.608. The second-order valence-corrected chi connectivity index (χ2v) is 3.70. The molecule has 2 nitrogen and oxygen atoms in total. The molecule has 0 bridgehead atoms. The second-order valence-electron chi connectivity index (χ2n) is 3.70. The molecule has 0 aliphatic heterocycles. The number of rotatable bonds is 0. The van der Waals surface area contributed by atoms with E-state index in [0.717, 1.165) is 12.1 Å². The zero-order valence-electron chi connectivity index (χ0n) is 6.89. The van der Waals surface area contributed by atoms with Gasteiger partial charge in [-0.25, -0.2) is 0 Å². The van der Waals surface area contributed by atoms with Crippen LogP contribution in [0.15, 0.2) is 11.8 Å². The number of carbonyl (C=O) groups excluding carboxylic acids is 1. The lowest BCUT2D eigenvalue weighted by molar-refractivity contribution is -0.117. The summed E-state index contributed by atoms with van der Waals surface area (Å²) in [4.78, 5) is 10.9. The fourth-order valence-electron chi connectivity index (χ4n) is 1.40. The largest absolute Gasteiger partial charge is 0.402 e. The molecule has 0 spiro atoms. The summed E-state index contributed by atoms with van der Waals surface area (Å²) in [5.74, 6) is 0.161. The first-order chi connectivity index (χ1) is 4.49. The zero-order valence-corrected chi connectivity index (χ0v) is 7.70. The van der Waals surface area contributed by atoms with Crippen molar-refractivity contribution < 1.29 is 4.79 Å². The lowest BCUT2D eigenvalue weighted by Gasteiger charge is -2.26. The van der Waals surface area contributed by atoms with Crippen LogP contribution in [0.25, 0.3) is 0 Å². The summed E-state index contributed by atoms with van der Waals surface area (Å²) >= 11 is 0. The van der Waals surface area contributed by atoms with Gasteiger partial charge in [-0.2, -0.15) is 0 Å². The van der Waals surface area contributed by atoms with Crippen LogP contribution < -0.4 is 5.73 Å². The van der Waals surface area contributed by atoms with E-state index in [1.165, 1.54) is 0 Å². The minimum Gasteiger partial charge on any atom is -0.402 e. The first-order valence-corrected chi connectivity index (χ1v) is 3.48. The molecular weight excluding hydrogens is 162 g/mol. The molecule has 0 fully saturated rings. The van der Waals surface area contributed by atoms with E-state index in [1.807, 2.05) is 0 Å². The van der Waals surface area contributed by atoms with Crippen molar-refractivity contribution in [3.05, 3.63) is 11.8 Å². The highest BCUT2D eigenvalue weighted by molar-refractivity contribution is 5.91. The number of halogens is 1. The lowest BCUT2D eigenvalue weighted by atomic mass is 9.79. The normalized spacial score (nSPS) is 22.0. The van der Waals surface area contributed by atoms with Gasteiger partial charge in [0, 0.05) is 12.1 Å². The van der Waals surface area contributed by atoms with Crippen LogP contribution in [0.5, 0.6) is 0 Å². The maximum atomic E-state index is 10.9. The van der Waals surface area contributed by atoms with Gasteiger partial charge in [-0.3, -0.25) is 4.79 Å². The maximum absolute atomic E-state index is 10.9. The molecule has 0 saturated heterocycles. The van der Waals surface area contributed by atoms with Crippen molar-refractivity contribution in [2.45, 2.75) is 26.7 Å². The summed E-state index contributed by atoms with van der Waals surface area (Å²) in [7, 11) is 0. The van der Waals surface area contributed by atoms with E-state index in [0.29, 0.717) is 6.42 Å². The van der Waals surface area contributed by atoms with Crippen molar-refractivity contribution in [3.8, 4) is 0 Å². The van der Waals surface area contributed by atoms with Gasteiger partial charge < -0.3 is 5.73 Å². The van der Waals surface area contributed by atoms with Crippen molar-refractivity contribution in [3.63, 3.8) is 0 Å². The predicted octanol–water partition coefficient (Wildman–Crippen LogP) is 1.64. The minimum absolute atomic E-state index is 0. The summed E-state index contributed by atoms with van der Waals surface area (Å²) < 4.78 is 0. The van der Waals surface area contributed by atoms with Gasteiger partial charge in [0.1, 0.15) is 0 Å². The van der Waals surface area contributed by atoms with Gasteiger partial charge >= 0.3 is 0 Å². The number of hydrogen-bond donors (Lipinski definition) is 1. The Bertz CT molecular complexity index is 196. The summed E-state index contributed by atoms with van der Waals surface area (Å²) in [6, 6.07) is 0. The van der Waals surface area contributed by atoms with Gasteiger partial charge in [0.25, 0.3) is 0 Å². The van der Waals surface area contributed by atoms with Gasteiger partial charge in [0.15, 0.2) is 5.78 Å². The third kappa shape index (κ3) is 2.93. The molecule has 0 atom stereocenters. The smallest absolute Gasteiger partial charge is 0.157 e. The highest BCUT2D eigenvalue weighted by atomic mass is 35.5. The highest BCUT2D eigenvalue weighted by Gasteiger charge is 2.25. The van der Waals surface area contributed by atoms with Crippen LogP contribution in [0.4, 0.5) is 0 Å². The average molecular weight is 176 g/mol. The van der Waals surface area contributed by atoms with Crippen LogP contribution in [-0.4, -0.2) is 5.78 Å². The number of carbonyl (C=O) groups is 1. The Morgan fingerprint density at radius 3 is 2.36 bits per heavy atom. The molecular formula is C8H14ClNO. The van der Waals surface area contributed by atoms with Crippen LogP contribution in [0.3, 0.4) is 0 Å². The van der Waals surface area contributed by atoms with Crippen LogP contribution in [0, 0.1) is 5.41 Å². The van der Waals surface area contributed by atoms with Gasteiger partial charge in [-0.15, -0.1) is 12.4 Å².